The molecule has 94 valence electrons. The molecule has 0 aromatic carbocycles. The third kappa shape index (κ3) is 5.15. The fourth-order valence-electron chi connectivity index (χ4n) is 2.19. The fraction of sp³-hybridized carbons (Fsp3) is 0.846. The number of hydrogen-bond donors (Lipinski definition) is 0. The third-order valence-electron chi connectivity index (χ3n) is 3.22. The summed E-state index contributed by atoms with van der Waals surface area (Å²) >= 11 is 0. The molecule has 1 aliphatic rings. The smallest absolute Gasteiger partial charge is 0.0878 e. The van der Waals surface area contributed by atoms with Crippen LogP contribution >= 0.6 is 0 Å². The van der Waals surface area contributed by atoms with E-state index in [1.54, 1.807) is 6.26 Å². The summed E-state index contributed by atoms with van der Waals surface area (Å²) in [6, 6.07) is 0. The highest BCUT2D eigenvalue weighted by atomic mass is 32.2. The van der Waals surface area contributed by atoms with Crippen molar-refractivity contribution < 1.29 is 8.95 Å². The summed E-state index contributed by atoms with van der Waals surface area (Å²) < 4.78 is 17.2. The van der Waals surface area contributed by atoms with Gasteiger partial charge in [-0.2, -0.15) is 0 Å². The van der Waals surface area contributed by atoms with Gasteiger partial charge in [-0.05, 0) is 31.6 Å². The van der Waals surface area contributed by atoms with Gasteiger partial charge in [0.15, 0.2) is 0 Å². The lowest BCUT2D eigenvalue weighted by molar-refractivity contribution is 0.179. The minimum absolute atomic E-state index is 0.215. The lowest BCUT2D eigenvalue weighted by Gasteiger charge is -2.30. The van der Waals surface area contributed by atoms with Gasteiger partial charge in [0.25, 0.3) is 0 Å². The summed E-state index contributed by atoms with van der Waals surface area (Å²) in [6.07, 6.45) is 9.50. The summed E-state index contributed by atoms with van der Waals surface area (Å²) in [5.74, 6) is 1.75. The predicted octanol–water partition coefficient (Wildman–Crippen LogP) is 3.26. The summed E-state index contributed by atoms with van der Waals surface area (Å²) in [7, 11) is -0.619. The molecule has 0 radical (unpaired) electrons. The number of ether oxygens (including phenoxy) is 1. The maximum Gasteiger partial charge on any atom is 0.0878 e. The van der Waals surface area contributed by atoms with Crippen molar-refractivity contribution in [2.75, 3.05) is 18.1 Å². The molecule has 0 bridgehead atoms. The Morgan fingerprint density at radius 1 is 1.38 bits per heavy atom. The molecule has 3 heteroatoms. The van der Waals surface area contributed by atoms with Crippen LogP contribution in [0.15, 0.2) is 12.3 Å². The Kier molecular flexibility index (Phi) is 6.10. The van der Waals surface area contributed by atoms with Gasteiger partial charge in [-0.15, -0.1) is 0 Å². The minimum Gasteiger partial charge on any atom is -0.502 e. The summed E-state index contributed by atoms with van der Waals surface area (Å²) in [4.78, 5) is 0. The monoisotopic (exact) mass is 244 g/mol. The van der Waals surface area contributed by atoms with Crippen LogP contribution in [0.4, 0.5) is 0 Å². The molecule has 1 aliphatic heterocycles. The highest BCUT2D eigenvalue weighted by Crippen LogP contribution is 2.31. The minimum atomic E-state index is -0.619. The van der Waals surface area contributed by atoms with Crippen LogP contribution < -0.4 is 0 Å². The molecule has 2 unspecified atom stereocenters. The second-order valence-electron chi connectivity index (χ2n) is 5.00. The molecule has 1 saturated heterocycles. The number of allylic oxidation sites excluding steroid dienone is 1. The average molecular weight is 244 g/mol. The van der Waals surface area contributed by atoms with Crippen LogP contribution in [0.1, 0.15) is 46.0 Å². The predicted molar refractivity (Wildman–Crippen MR) is 69.8 cm³/mol. The largest absolute Gasteiger partial charge is 0.502 e. The Morgan fingerprint density at radius 3 is 2.94 bits per heavy atom. The molecule has 0 aromatic heterocycles. The second-order valence-corrected chi connectivity index (χ2v) is 6.58. The van der Waals surface area contributed by atoms with Gasteiger partial charge < -0.3 is 4.74 Å². The molecular weight excluding hydrogens is 220 g/mol. The molecule has 0 amide bonds. The van der Waals surface area contributed by atoms with E-state index in [1.165, 1.54) is 19.3 Å². The quantitative estimate of drug-likeness (QED) is 0.560. The highest BCUT2D eigenvalue weighted by molar-refractivity contribution is 7.85. The van der Waals surface area contributed by atoms with Crippen molar-refractivity contribution in [2.45, 2.75) is 46.0 Å². The van der Waals surface area contributed by atoms with Crippen molar-refractivity contribution in [2.24, 2.45) is 5.41 Å². The fourth-order valence-corrected chi connectivity index (χ4v) is 3.93. The van der Waals surface area contributed by atoms with Crippen molar-refractivity contribution in [3.8, 4) is 0 Å². The van der Waals surface area contributed by atoms with Crippen LogP contribution in [0.3, 0.4) is 0 Å². The molecule has 0 aliphatic carbocycles. The van der Waals surface area contributed by atoms with Gasteiger partial charge in [-0.3, -0.25) is 4.21 Å². The highest BCUT2D eigenvalue weighted by Gasteiger charge is 2.27. The topological polar surface area (TPSA) is 26.3 Å². The Bertz CT molecular complexity index is 250. The number of hydrogen-bond acceptors (Lipinski definition) is 2. The van der Waals surface area contributed by atoms with Crippen molar-refractivity contribution >= 4 is 10.8 Å². The second kappa shape index (κ2) is 7.10. The van der Waals surface area contributed by atoms with Crippen LogP contribution in [0, 0.1) is 5.41 Å². The van der Waals surface area contributed by atoms with Gasteiger partial charge in [0.05, 0.1) is 12.9 Å². The van der Waals surface area contributed by atoms with Gasteiger partial charge in [0.2, 0.25) is 0 Å². The normalized spacial score (nSPS) is 32.2. The maximum atomic E-state index is 11.8. The molecule has 2 nitrogen and oxygen atoms in total. The Labute approximate surface area is 102 Å². The van der Waals surface area contributed by atoms with E-state index in [4.69, 9.17) is 4.74 Å². The first-order chi connectivity index (χ1) is 7.66. The Hall–Kier alpha value is -0.310. The van der Waals surface area contributed by atoms with Gasteiger partial charge in [0, 0.05) is 22.3 Å². The van der Waals surface area contributed by atoms with E-state index in [1.807, 2.05) is 13.0 Å². The molecule has 1 heterocycles. The standard InChI is InChI=1S/C13H24O2S/c1-3-9-15-10-8-13(2)7-5-4-6-11-16(14)12-13/h3,9H,4-8,10-12H2,1-2H3/b9-3+. The first-order valence-corrected chi connectivity index (χ1v) is 7.73. The van der Waals surface area contributed by atoms with E-state index in [0.717, 1.165) is 31.0 Å². The van der Waals surface area contributed by atoms with Crippen molar-refractivity contribution in [1.82, 2.24) is 0 Å². The van der Waals surface area contributed by atoms with Gasteiger partial charge in [-0.25, -0.2) is 0 Å². The summed E-state index contributed by atoms with van der Waals surface area (Å²) in [6.45, 7) is 4.96. The SMILES string of the molecule is C/C=C/OCCC1(C)CCCCCS(=O)C1. The zero-order valence-corrected chi connectivity index (χ0v) is 11.4. The average Bonchev–Trinajstić information content (AvgIpc) is 2.22. The Morgan fingerprint density at radius 2 is 2.19 bits per heavy atom. The van der Waals surface area contributed by atoms with Gasteiger partial charge in [-0.1, -0.05) is 25.8 Å². The Balaban J connectivity index is 2.40. The lowest BCUT2D eigenvalue weighted by Crippen LogP contribution is -2.28. The van der Waals surface area contributed by atoms with Gasteiger partial charge in [0.1, 0.15) is 0 Å². The van der Waals surface area contributed by atoms with Crippen LogP contribution in [-0.2, 0) is 15.5 Å². The van der Waals surface area contributed by atoms with E-state index in [2.05, 4.69) is 6.92 Å². The van der Waals surface area contributed by atoms with Crippen LogP contribution in [0.5, 0.6) is 0 Å². The zero-order chi connectivity index (χ0) is 11.9. The lowest BCUT2D eigenvalue weighted by atomic mass is 9.83. The first kappa shape index (κ1) is 13.8. The molecular formula is C13H24O2S. The molecule has 16 heavy (non-hydrogen) atoms. The molecule has 0 N–H and O–H groups in total. The number of rotatable bonds is 4. The van der Waals surface area contributed by atoms with Crippen LogP contribution in [0.2, 0.25) is 0 Å². The molecule has 2 atom stereocenters. The third-order valence-corrected chi connectivity index (χ3v) is 4.98. The zero-order valence-electron chi connectivity index (χ0n) is 10.5. The van der Waals surface area contributed by atoms with Gasteiger partial charge >= 0.3 is 0 Å². The molecule has 1 fully saturated rings. The van der Waals surface area contributed by atoms with Crippen molar-refractivity contribution in [1.29, 1.82) is 0 Å². The molecule has 0 aromatic rings. The van der Waals surface area contributed by atoms with E-state index in [0.29, 0.717) is 0 Å². The van der Waals surface area contributed by atoms with E-state index >= 15 is 0 Å². The van der Waals surface area contributed by atoms with Crippen molar-refractivity contribution in [3.63, 3.8) is 0 Å². The first-order valence-electron chi connectivity index (χ1n) is 6.24. The van der Waals surface area contributed by atoms with E-state index in [-0.39, 0.29) is 5.41 Å². The maximum absolute atomic E-state index is 11.8. The van der Waals surface area contributed by atoms with Crippen molar-refractivity contribution in [3.05, 3.63) is 12.3 Å². The molecule has 0 saturated carbocycles. The summed E-state index contributed by atoms with van der Waals surface area (Å²) in [5.41, 5.74) is 0.215. The van der Waals surface area contributed by atoms with E-state index in [9.17, 15) is 4.21 Å². The van der Waals surface area contributed by atoms with Crippen LogP contribution in [0.25, 0.3) is 0 Å². The van der Waals surface area contributed by atoms with E-state index < -0.39 is 10.8 Å². The molecule has 1 rings (SSSR count). The molecule has 0 spiro atoms. The van der Waals surface area contributed by atoms with Crippen LogP contribution in [-0.4, -0.2) is 22.3 Å². The summed E-state index contributed by atoms with van der Waals surface area (Å²) in [5, 5.41) is 0.